The number of benzene rings is 2. The maximum absolute atomic E-state index is 14.3. The van der Waals surface area contributed by atoms with Crippen molar-refractivity contribution in [2.75, 3.05) is 5.32 Å². The number of rotatable bonds is 2. The van der Waals surface area contributed by atoms with Gasteiger partial charge in [-0.3, -0.25) is 0 Å². The highest BCUT2D eigenvalue weighted by atomic mass is 19.4. The molecule has 1 aromatic heterocycles. The molecule has 5 nitrogen and oxygen atoms in total. The molecule has 33 heavy (non-hydrogen) atoms. The Balaban J connectivity index is 1.75. The van der Waals surface area contributed by atoms with Crippen molar-refractivity contribution in [1.29, 1.82) is 0 Å². The van der Waals surface area contributed by atoms with Gasteiger partial charge in [-0.05, 0) is 37.8 Å². The van der Waals surface area contributed by atoms with Crippen molar-refractivity contribution in [1.82, 2.24) is 9.97 Å². The maximum atomic E-state index is 14.3. The average molecular weight is 469 g/mol. The van der Waals surface area contributed by atoms with Gasteiger partial charge in [0.1, 0.15) is 11.3 Å². The maximum Gasteiger partial charge on any atom is 0.419 e. The molecule has 174 valence electrons. The Morgan fingerprint density at radius 2 is 1.82 bits per heavy atom. The Kier molecular flexibility index (Phi) is 4.43. The third-order valence-corrected chi connectivity index (χ3v) is 6.62. The second kappa shape index (κ2) is 6.72. The molecule has 5 rings (SSSR count). The second-order valence-electron chi connectivity index (χ2n) is 8.72. The normalized spacial score (nSPS) is 23.6. The van der Waals surface area contributed by atoms with Gasteiger partial charge in [-0.15, -0.1) is 0 Å². The number of phenolic OH excluding ortho intramolecular Hbond substituents is 1. The first-order chi connectivity index (χ1) is 15.4. The average Bonchev–Trinajstić information content (AvgIpc) is 3.49. The van der Waals surface area contributed by atoms with Gasteiger partial charge in [0.15, 0.2) is 28.8 Å². The van der Waals surface area contributed by atoms with Crippen molar-refractivity contribution in [2.24, 2.45) is 0 Å². The van der Waals surface area contributed by atoms with E-state index in [1.165, 1.54) is 6.92 Å². The minimum atomic E-state index is -5.14. The van der Waals surface area contributed by atoms with E-state index in [0.717, 1.165) is 18.3 Å². The van der Waals surface area contributed by atoms with Crippen LogP contribution in [-0.4, -0.2) is 32.0 Å². The van der Waals surface area contributed by atoms with Gasteiger partial charge < -0.3 is 15.5 Å². The van der Waals surface area contributed by atoms with Gasteiger partial charge in [-0.25, -0.2) is 23.1 Å². The molecular weight excluding hydrogens is 452 g/mol. The molecule has 0 saturated heterocycles. The van der Waals surface area contributed by atoms with E-state index in [1.54, 1.807) is 0 Å². The number of fused-ring (bicyclic) bond motifs is 3. The first kappa shape index (κ1) is 21.7. The minimum absolute atomic E-state index is 0.0205. The summed E-state index contributed by atoms with van der Waals surface area (Å²) in [6, 6.07) is 0.550. The predicted molar refractivity (Wildman–Crippen MR) is 105 cm³/mol. The lowest BCUT2D eigenvalue weighted by Crippen LogP contribution is -2.57. The molecule has 11 heteroatoms. The van der Waals surface area contributed by atoms with Crippen molar-refractivity contribution < 1.29 is 36.6 Å². The van der Waals surface area contributed by atoms with E-state index in [2.05, 4.69) is 15.3 Å². The van der Waals surface area contributed by atoms with Gasteiger partial charge in [0.05, 0.1) is 6.04 Å². The van der Waals surface area contributed by atoms with E-state index in [1.807, 2.05) is 0 Å². The first-order valence-corrected chi connectivity index (χ1v) is 10.1. The molecule has 0 bridgehead atoms. The van der Waals surface area contributed by atoms with Crippen LogP contribution in [0.4, 0.5) is 32.0 Å². The van der Waals surface area contributed by atoms with Crippen LogP contribution in [0.2, 0.25) is 0 Å². The van der Waals surface area contributed by atoms with Crippen molar-refractivity contribution >= 4 is 16.6 Å². The Hall–Kier alpha value is -3.08. The highest BCUT2D eigenvalue weighted by Gasteiger charge is 2.68. The number of aromatic nitrogens is 2. The summed E-state index contributed by atoms with van der Waals surface area (Å²) in [6.07, 6.45) is -4.39. The van der Waals surface area contributed by atoms with Gasteiger partial charge in [0, 0.05) is 34.3 Å². The quantitative estimate of drug-likeness (QED) is 0.464. The molecular formula is C22H17F6N3O2. The van der Waals surface area contributed by atoms with Gasteiger partial charge >= 0.3 is 6.18 Å². The third-order valence-electron chi connectivity index (χ3n) is 6.62. The molecule has 1 fully saturated rings. The van der Waals surface area contributed by atoms with Crippen LogP contribution in [0.1, 0.15) is 42.3 Å². The van der Waals surface area contributed by atoms with Crippen LogP contribution in [0.25, 0.3) is 10.9 Å². The standard InChI is InChI=1S/C22H17F6N3O2/c1-9-29-7-11-14(6-13(24)16(25)17(11)30-9)31-19-10-2-3-12(23)18(32)15(10)20(4-5-20)8-21(19,33)22(26,27)28/h2-3,6-7,19,31-33H,4-5,8H2,1H3. The summed E-state index contributed by atoms with van der Waals surface area (Å²) in [5.41, 5.74) is -5.52. The van der Waals surface area contributed by atoms with E-state index in [9.17, 15) is 36.6 Å². The fourth-order valence-electron chi connectivity index (χ4n) is 4.87. The molecule has 0 radical (unpaired) electrons. The number of aliphatic hydroxyl groups is 1. The molecule has 3 N–H and O–H groups in total. The van der Waals surface area contributed by atoms with E-state index >= 15 is 0 Å². The summed E-state index contributed by atoms with van der Waals surface area (Å²) in [4.78, 5) is 7.74. The van der Waals surface area contributed by atoms with Gasteiger partial charge in [-0.1, -0.05) is 6.07 Å². The summed E-state index contributed by atoms with van der Waals surface area (Å²) in [7, 11) is 0. The second-order valence-corrected chi connectivity index (χ2v) is 8.72. The number of nitrogens with one attached hydrogen (secondary N) is 1. The van der Waals surface area contributed by atoms with E-state index in [0.29, 0.717) is 6.07 Å². The lowest BCUT2D eigenvalue weighted by molar-refractivity contribution is -0.274. The van der Waals surface area contributed by atoms with Gasteiger partial charge in [0.2, 0.25) is 0 Å². The largest absolute Gasteiger partial charge is 0.505 e. The van der Waals surface area contributed by atoms with E-state index in [-0.39, 0.29) is 40.9 Å². The summed E-state index contributed by atoms with van der Waals surface area (Å²) in [5.74, 6) is -4.33. The smallest absolute Gasteiger partial charge is 0.419 e. The highest BCUT2D eigenvalue weighted by Crippen LogP contribution is 2.65. The Labute approximate surface area is 183 Å². The molecule has 2 atom stereocenters. The topological polar surface area (TPSA) is 78.3 Å². The number of aryl methyl sites for hydroxylation is 1. The van der Waals surface area contributed by atoms with Crippen LogP contribution >= 0.6 is 0 Å². The molecule has 1 heterocycles. The zero-order valence-corrected chi connectivity index (χ0v) is 17.1. The van der Waals surface area contributed by atoms with Crippen molar-refractivity contribution in [3.05, 3.63) is 58.8 Å². The Morgan fingerprint density at radius 3 is 2.45 bits per heavy atom. The molecule has 0 aliphatic heterocycles. The summed E-state index contributed by atoms with van der Waals surface area (Å²) in [6.45, 7) is 1.43. The molecule has 1 spiro atoms. The molecule has 2 aliphatic carbocycles. The van der Waals surface area contributed by atoms with Crippen LogP contribution in [0.15, 0.2) is 24.4 Å². The number of nitrogens with zero attached hydrogens (tertiary/aromatic N) is 2. The number of aromatic hydroxyl groups is 1. The lowest BCUT2D eigenvalue weighted by atomic mass is 9.68. The molecule has 2 aliphatic rings. The molecule has 0 amide bonds. The highest BCUT2D eigenvalue weighted by molar-refractivity contribution is 5.91. The van der Waals surface area contributed by atoms with Crippen LogP contribution < -0.4 is 5.32 Å². The molecule has 1 saturated carbocycles. The zero-order valence-electron chi connectivity index (χ0n) is 17.1. The van der Waals surface area contributed by atoms with E-state index in [4.69, 9.17) is 0 Å². The Morgan fingerprint density at radius 1 is 1.12 bits per heavy atom. The van der Waals surface area contributed by atoms with Crippen molar-refractivity contribution in [3.8, 4) is 5.75 Å². The third kappa shape index (κ3) is 3.05. The summed E-state index contributed by atoms with van der Waals surface area (Å²) < 4.78 is 85.5. The predicted octanol–water partition coefficient (Wildman–Crippen LogP) is 4.94. The van der Waals surface area contributed by atoms with Crippen LogP contribution in [0.5, 0.6) is 5.75 Å². The fraction of sp³-hybridized carbons (Fsp3) is 0.364. The van der Waals surface area contributed by atoms with E-state index < -0.39 is 58.4 Å². The number of phenols is 1. The first-order valence-electron chi connectivity index (χ1n) is 10.1. The number of hydrogen-bond acceptors (Lipinski definition) is 5. The lowest BCUT2D eigenvalue weighted by Gasteiger charge is -2.46. The fourth-order valence-corrected chi connectivity index (χ4v) is 4.87. The number of alkyl halides is 3. The van der Waals surface area contributed by atoms with Gasteiger partial charge in [-0.2, -0.15) is 13.2 Å². The number of anilines is 1. The van der Waals surface area contributed by atoms with Crippen molar-refractivity contribution in [3.63, 3.8) is 0 Å². The van der Waals surface area contributed by atoms with Crippen LogP contribution in [-0.2, 0) is 5.41 Å². The summed E-state index contributed by atoms with van der Waals surface area (Å²) in [5, 5.41) is 23.7. The molecule has 2 unspecified atom stereocenters. The van der Waals surface area contributed by atoms with Gasteiger partial charge in [0.25, 0.3) is 0 Å². The zero-order chi connectivity index (χ0) is 23.9. The minimum Gasteiger partial charge on any atom is -0.505 e. The van der Waals surface area contributed by atoms with Crippen LogP contribution in [0.3, 0.4) is 0 Å². The molecule has 3 aromatic rings. The number of halogens is 6. The Bertz CT molecular complexity index is 1310. The SMILES string of the molecule is Cc1ncc2c(NC3c4ccc(F)c(O)c4C4(CC4)CC3(O)C(F)(F)F)cc(F)c(F)c2n1. The summed E-state index contributed by atoms with van der Waals surface area (Å²) >= 11 is 0. The van der Waals surface area contributed by atoms with Crippen LogP contribution in [0, 0.1) is 24.4 Å². The monoisotopic (exact) mass is 469 g/mol. The molecule has 2 aromatic carbocycles. The van der Waals surface area contributed by atoms with Crippen molar-refractivity contribution in [2.45, 2.75) is 49.4 Å². The number of hydrogen-bond donors (Lipinski definition) is 3.